The van der Waals surface area contributed by atoms with Crippen LogP contribution in [0, 0.1) is 0 Å². The highest BCUT2D eigenvalue weighted by Gasteiger charge is 2.54. The Hall–Kier alpha value is -2.94. The van der Waals surface area contributed by atoms with Crippen molar-refractivity contribution >= 4 is 23.9 Å². The molecule has 0 amide bonds. The van der Waals surface area contributed by atoms with Crippen LogP contribution in [-0.4, -0.2) is 61.5 Å². The molecular weight excluding hydrogens is 384 g/mol. The van der Waals surface area contributed by atoms with Gasteiger partial charge in [0.15, 0.2) is 24.4 Å². The van der Waals surface area contributed by atoms with Crippen LogP contribution in [0.1, 0.15) is 26.3 Å². The lowest BCUT2D eigenvalue weighted by atomic mass is 9.90. The second kappa shape index (κ2) is 10.0. The third-order valence-corrected chi connectivity index (χ3v) is 4.25. The molecule has 2 rings (SSSR count). The molecule has 1 aromatic rings. The zero-order valence-electron chi connectivity index (χ0n) is 16.7. The van der Waals surface area contributed by atoms with Crippen LogP contribution in [0.15, 0.2) is 30.3 Å². The molecule has 0 bridgehead atoms. The van der Waals surface area contributed by atoms with E-state index in [0.717, 1.165) is 26.5 Å². The molecule has 0 aliphatic carbocycles. The topological polar surface area (TPSA) is 114 Å². The highest BCUT2D eigenvalue weighted by Crippen LogP contribution is 2.31. The second-order valence-corrected chi connectivity index (χ2v) is 6.53. The van der Waals surface area contributed by atoms with Crippen molar-refractivity contribution in [3.63, 3.8) is 0 Å². The fraction of sp³-hybridized carbons (Fsp3) is 0.500. The number of hydrogen-bond acceptors (Lipinski definition) is 9. The maximum Gasteiger partial charge on any atom is 0.339 e. The van der Waals surface area contributed by atoms with E-state index in [1.807, 2.05) is 30.3 Å². The van der Waals surface area contributed by atoms with Gasteiger partial charge in [0.25, 0.3) is 0 Å². The first-order chi connectivity index (χ1) is 13.7. The summed E-state index contributed by atoms with van der Waals surface area (Å²) in [5, 5.41) is 0. The zero-order chi connectivity index (χ0) is 21.6. The summed E-state index contributed by atoms with van der Waals surface area (Å²) in [7, 11) is 1.15. The van der Waals surface area contributed by atoms with Gasteiger partial charge in [-0.3, -0.25) is 14.4 Å². The van der Waals surface area contributed by atoms with Crippen molar-refractivity contribution in [2.24, 2.45) is 0 Å². The Balaban J connectivity index is 2.47. The Morgan fingerprint density at radius 1 is 0.828 bits per heavy atom. The summed E-state index contributed by atoms with van der Waals surface area (Å²) in [5.41, 5.74) is 0.839. The maximum absolute atomic E-state index is 12.3. The number of benzene rings is 1. The molecule has 1 saturated heterocycles. The van der Waals surface area contributed by atoms with Crippen LogP contribution in [-0.2, 0) is 49.3 Å². The van der Waals surface area contributed by atoms with Gasteiger partial charge >= 0.3 is 23.9 Å². The molecule has 0 radical (unpaired) electrons. The second-order valence-electron chi connectivity index (χ2n) is 6.53. The van der Waals surface area contributed by atoms with Crippen molar-refractivity contribution in [3.05, 3.63) is 35.9 Å². The van der Waals surface area contributed by atoms with Gasteiger partial charge in [-0.05, 0) is 5.56 Å². The summed E-state index contributed by atoms with van der Waals surface area (Å²) < 4.78 is 26.6. The van der Waals surface area contributed by atoms with E-state index >= 15 is 0 Å². The summed E-state index contributed by atoms with van der Waals surface area (Å²) >= 11 is 0. The van der Waals surface area contributed by atoms with Gasteiger partial charge in [-0.25, -0.2) is 4.79 Å². The van der Waals surface area contributed by atoms with Gasteiger partial charge in [0.1, 0.15) is 6.10 Å². The Morgan fingerprint density at radius 2 is 1.34 bits per heavy atom. The van der Waals surface area contributed by atoms with Crippen molar-refractivity contribution in [1.82, 2.24) is 0 Å². The number of rotatable bonds is 6. The molecule has 0 spiro atoms. The molecule has 0 unspecified atom stereocenters. The van der Waals surface area contributed by atoms with E-state index in [1.165, 1.54) is 6.92 Å². The number of esters is 4. The lowest BCUT2D eigenvalue weighted by molar-refractivity contribution is -0.248. The van der Waals surface area contributed by atoms with Crippen molar-refractivity contribution < 1.29 is 42.9 Å². The molecule has 1 aliphatic rings. The van der Waals surface area contributed by atoms with Crippen LogP contribution in [0.2, 0.25) is 0 Å². The van der Waals surface area contributed by atoms with Crippen LogP contribution in [0.5, 0.6) is 0 Å². The normalized spacial score (nSPS) is 26.1. The molecule has 0 aromatic heterocycles. The van der Waals surface area contributed by atoms with Gasteiger partial charge in [-0.1, -0.05) is 30.3 Å². The Kier molecular flexibility index (Phi) is 7.72. The molecule has 1 aromatic carbocycles. The third-order valence-electron chi connectivity index (χ3n) is 4.25. The highest BCUT2D eigenvalue weighted by atomic mass is 16.7. The van der Waals surface area contributed by atoms with E-state index in [4.69, 9.17) is 23.7 Å². The molecule has 0 N–H and O–H groups in total. The van der Waals surface area contributed by atoms with Gasteiger partial charge in [-0.15, -0.1) is 0 Å². The van der Waals surface area contributed by atoms with Crippen molar-refractivity contribution in [3.8, 4) is 0 Å². The van der Waals surface area contributed by atoms with Gasteiger partial charge in [0.2, 0.25) is 0 Å². The van der Waals surface area contributed by atoms with Crippen molar-refractivity contribution in [2.45, 2.75) is 57.7 Å². The van der Waals surface area contributed by atoms with Crippen molar-refractivity contribution in [1.29, 1.82) is 0 Å². The first kappa shape index (κ1) is 22.4. The standard InChI is InChI=1S/C20H24O9/c1-11(21)26-16-15(10-14-8-6-5-7-9-14)29-19(20(24)25-4)18(28-13(3)23)17(16)27-12(2)22/h5-9,15-19H,10H2,1-4H3/t15-,16-,17+,18-,19-/m0/s1. The van der Waals surface area contributed by atoms with Gasteiger partial charge in [-0.2, -0.15) is 0 Å². The predicted octanol–water partition coefficient (Wildman–Crippen LogP) is 0.965. The molecule has 0 saturated carbocycles. The maximum atomic E-state index is 12.3. The quantitative estimate of drug-likeness (QED) is 0.501. The molecule has 5 atom stereocenters. The van der Waals surface area contributed by atoms with E-state index in [9.17, 15) is 19.2 Å². The molecule has 29 heavy (non-hydrogen) atoms. The number of methoxy groups -OCH3 is 1. The van der Waals surface area contributed by atoms with Crippen LogP contribution < -0.4 is 0 Å². The van der Waals surface area contributed by atoms with Gasteiger partial charge in [0, 0.05) is 27.2 Å². The van der Waals surface area contributed by atoms with E-state index in [2.05, 4.69) is 0 Å². The average Bonchev–Trinajstić information content (AvgIpc) is 2.65. The van der Waals surface area contributed by atoms with Crippen LogP contribution in [0.4, 0.5) is 0 Å². The Bertz CT molecular complexity index is 746. The highest BCUT2D eigenvalue weighted by molar-refractivity contribution is 5.77. The molecular formula is C20H24O9. The van der Waals surface area contributed by atoms with E-state index in [0.29, 0.717) is 0 Å². The average molecular weight is 408 g/mol. The summed E-state index contributed by atoms with van der Waals surface area (Å²) in [6, 6.07) is 9.15. The molecule has 1 heterocycles. The number of ether oxygens (including phenoxy) is 5. The predicted molar refractivity (Wildman–Crippen MR) is 97.5 cm³/mol. The molecule has 1 fully saturated rings. The van der Waals surface area contributed by atoms with Crippen LogP contribution in [0.3, 0.4) is 0 Å². The Labute approximate surface area is 168 Å². The summed E-state index contributed by atoms with van der Waals surface area (Å²) in [6.07, 6.45) is -5.69. The van der Waals surface area contributed by atoms with Crippen molar-refractivity contribution in [2.75, 3.05) is 7.11 Å². The minimum Gasteiger partial charge on any atom is -0.467 e. The molecule has 1 aliphatic heterocycles. The van der Waals surface area contributed by atoms with Gasteiger partial charge in [0.05, 0.1) is 7.11 Å². The van der Waals surface area contributed by atoms with Gasteiger partial charge < -0.3 is 23.7 Å². The molecule has 9 heteroatoms. The number of hydrogen-bond donors (Lipinski definition) is 0. The van der Waals surface area contributed by atoms with Crippen LogP contribution in [0.25, 0.3) is 0 Å². The lowest BCUT2D eigenvalue weighted by Gasteiger charge is -2.43. The minimum atomic E-state index is -1.37. The Morgan fingerprint density at radius 3 is 1.86 bits per heavy atom. The fourth-order valence-corrected chi connectivity index (χ4v) is 3.21. The van der Waals surface area contributed by atoms with E-state index in [-0.39, 0.29) is 6.42 Å². The van der Waals surface area contributed by atoms with Crippen LogP contribution >= 0.6 is 0 Å². The van der Waals surface area contributed by atoms with E-state index in [1.54, 1.807) is 0 Å². The SMILES string of the molecule is COC(=O)[C@H]1O[C@@H](Cc2ccccc2)[C@H](OC(C)=O)[C@@H](OC(C)=O)[C@@H]1OC(C)=O. The third kappa shape index (κ3) is 6.02. The minimum absolute atomic E-state index is 0.247. The fourth-order valence-electron chi connectivity index (χ4n) is 3.21. The number of carbonyl (C=O) groups is 4. The summed E-state index contributed by atoms with van der Waals surface area (Å²) in [5.74, 6) is -2.89. The molecule has 158 valence electrons. The summed E-state index contributed by atoms with van der Waals surface area (Å²) in [4.78, 5) is 47.4. The smallest absolute Gasteiger partial charge is 0.339 e. The summed E-state index contributed by atoms with van der Waals surface area (Å²) in [6.45, 7) is 3.48. The number of carbonyl (C=O) groups excluding carboxylic acids is 4. The largest absolute Gasteiger partial charge is 0.467 e. The monoisotopic (exact) mass is 408 g/mol. The lowest BCUT2D eigenvalue weighted by Crippen LogP contribution is -2.63. The van der Waals surface area contributed by atoms with E-state index < -0.39 is 54.4 Å². The zero-order valence-corrected chi connectivity index (χ0v) is 16.7. The molecule has 9 nitrogen and oxygen atoms in total. The first-order valence-electron chi connectivity index (χ1n) is 9.01. The first-order valence-corrected chi connectivity index (χ1v) is 9.01.